The lowest BCUT2D eigenvalue weighted by Crippen LogP contribution is -2.47. The smallest absolute Gasteiger partial charge is 0.174 e. The molecule has 1 heterocycles. The number of hydrogen-bond donors (Lipinski definition) is 2. The van der Waals surface area contributed by atoms with Gasteiger partial charge in [-0.2, -0.15) is 0 Å². The van der Waals surface area contributed by atoms with E-state index in [4.69, 9.17) is 0 Å². The molecular formula is C33H45ClN2O4S. The van der Waals surface area contributed by atoms with Gasteiger partial charge in [-0.3, -0.25) is 9.69 Å². The maximum atomic E-state index is 11.6. The van der Waals surface area contributed by atoms with Crippen molar-refractivity contribution in [1.29, 1.82) is 0 Å². The number of allylic oxidation sites excluding steroid dienone is 4. The first-order chi connectivity index (χ1) is 19.4. The van der Waals surface area contributed by atoms with Crippen LogP contribution >= 0.6 is 24.2 Å². The molecule has 5 unspecified atom stereocenters. The van der Waals surface area contributed by atoms with Crippen LogP contribution in [0.3, 0.4) is 0 Å². The highest BCUT2D eigenvalue weighted by molar-refractivity contribution is 7.99. The van der Waals surface area contributed by atoms with Crippen LogP contribution in [0.15, 0.2) is 82.6 Å². The van der Waals surface area contributed by atoms with Gasteiger partial charge in [0, 0.05) is 22.4 Å². The number of benzene rings is 2. The topological polar surface area (TPSA) is 81.1 Å². The molecule has 0 bridgehead atoms. The van der Waals surface area contributed by atoms with Gasteiger partial charge in [-0.15, -0.1) is 12.4 Å². The Labute approximate surface area is 255 Å². The monoisotopic (exact) mass is 600 g/mol. The Bertz CT molecular complexity index is 1120. The van der Waals surface area contributed by atoms with Crippen LogP contribution in [-0.2, 0) is 9.59 Å². The molecule has 41 heavy (non-hydrogen) atoms. The SMILES string of the molecule is CCCC=CC=CC1CC(O)C(O)C(=O)C1C=O.CCN(CC)C(C)CN1c2ccccc2Sc2ccccc21.Cl. The first-order valence-electron chi connectivity index (χ1n) is 14.4. The van der Waals surface area contributed by atoms with Gasteiger partial charge in [0.15, 0.2) is 5.78 Å². The average molecular weight is 601 g/mol. The number of halogens is 1. The molecule has 2 aliphatic rings. The Hall–Kier alpha value is -2.42. The first kappa shape index (κ1) is 34.8. The molecule has 2 N–H and O–H groups in total. The molecule has 4 rings (SSSR count). The molecule has 0 amide bonds. The number of rotatable bonds is 10. The maximum absolute atomic E-state index is 11.6. The summed E-state index contributed by atoms with van der Waals surface area (Å²) in [7, 11) is 0. The summed E-state index contributed by atoms with van der Waals surface area (Å²) in [6.45, 7) is 12.1. The Morgan fingerprint density at radius 1 is 1.00 bits per heavy atom. The molecule has 1 aliphatic carbocycles. The van der Waals surface area contributed by atoms with Crippen molar-refractivity contribution in [2.45, 2.75) is 75.0 Å². The van der Waals surface area contributed by atoms with E-state index < -0.39 is 23.9 Å². The van der Waals surface area contributed by atoms with Gasteiger partial charge in [0.2, 0.25) is 0 Å². The summed E-state index contributed by atoms with van der Waals surface area (Å²) in [6, 6.07) is 18.0. The number of carbonyl (C=O) groups excluding carboxylic acids is 2. The van der Waals surface area contributed by atoms with E-state index in [0.29, 0.717) is 12.3 Å². The van der Waals surface area contributed by atoms with Gasteiger partial charge in [-0.25, -0.2) is 0 Å². The van der Waals surface area contributed by atoms with Gasteiger partial charge in [-0.1, -0.05) is 87.5 Å². The second kappa shape index (κ2) is 17.5. The van der Waals surface area contributed by atoms with Crippen molar-refractivity contribution >= 4 is 47.6 Å². The van der Waals surface area contributed by atoms with Crippen LogP contribution in [0.25, 0.3) is 0 Å². The zero-order valence-electron chi connectivity index (χ0n) is 24.6. The average Bonchev–Trinajstić information content (AvgIpc) is 2.97. The van der Waals surface area contributed by atoms with Crippen LogP contribution in [0.5, 0.6) is 0 Å². The number of anilines is 2. The van der Waals surface area contributed by atoms with E-state index in [2.05, 4.69) is 86.0 Å². The number of aliphatic hydroxyl groups is 2. The highest BCUT2D eigenvalue weighted by atomic mass is 35.5. The van der Waals surface area contributed by atoms with E-state index in [1.807, 2.05) is 23.9 Å². The van der Waals surface area contributed by atoms with Gasteiger partial charge in [0.1, 0.15) is 12.4 Å². The van der Waals surface area contributed by atoms with E-state index in [9.17, 15) is 19.8 Å². The molecule has 0 spiro atoms. The lowest BCUT2D eigenvalue weighted by Gasteiger charge is -2.37. The fourth-order valence-corrected chi connectivity index (χ4v) is 6.37. The van der Waals surface area contributed by atoms with E-state index in [0.717, 1.165) is 32.5 Å². The van der Waals surface area contributed by atoms with E-state index >= 15 is 0 Å². The zero-order chi connectivity index (χ0) is 29.1. The standard InChI is InChI=1S/C19H24N2S.C14H20O4.ClH/c1-4-20(5-2)15(3)14-21-16-10-6-8-12-18(16)22-19-13-9-7-11-17(19)21;1-2-3-4-5-6-7-10-8-12(16)14(18)13(17)11(10)9-15;/h6-13,15H,4-5,14H2,1-3H3;4-7,9-12,14,16,18H,2-3,8H2,1H3;1H. The molecule has 5 atom stereocenters. The molecule has 1 fully saturated rings. The molecule has 0 aromatic heterocycles. The number of aldehydes is 1. The van der Waals surface area contributed by atoms with E-state index in [1.165, 1.54) is 21.2 Å². The van der Waals surface area contributed by atoms with Gasteiger partial charge in [0.25, 0.3) is 0 Å². The Morgan fingerprint density at radius 2 is 1.59 bits per heavy atom. The maximum Gasteiger partial charge on any atom is 0.174 e. The number of aliphatic hydroxyl groups excluding tert-OH is 2. The van der Waals surface area contributed by atoms with Crippen LogP contribution in [0.4, 0.5) is 11.4 Å². The number of unbranched alkanes of at least 4 members (excludes halogenated alkanes) is 1. The normalized spacial score (nSPS) is 22.5. The molecule has 1 aliphatic heterocycles. The van der Waals surface area contributed by atoms with Crippen LogP contribution in [0.2, 0.25) is 0 Å². The molecule has 2 aromatic carbocycles. The third kappa shape index (κ3) is 9.03. The molecule has 8 heteroatoms. The van der Waals surface area contributed by atoms with Crippen molar-refractivity contribution < 1.29 is 19.8 Å². The van der Waals surface area contributed by atoms with Crippen molar-refractivity contribution in [3.8, 4) is 0 Å². The number of carbonyl (C=O) groups is 2. The van der Waals surface area contributed by atoms with Gasteiger partial charge >= 0.3 is 0 Å². The zero-order valence-corrected chi connectivity index (χ0v) is 26.2. The number of nitrogens with zero attached hydrogens (tertiary/aromatic N) is 2. The van der Waals surface area contributed by atoms with Gasteiger partial charge < -0.3 is 19.9 Å². The van der Waals surface area contributed by atoms with Gasteiger partial charge in [-0.05, 0) is 63.0 Å². The summed E-state index contributed by atoms with van der Waals surface area (Å²) in [5, 5.41) is 18.9. The number of para-hydroxylation sites is 2. The van der Waals surface area contributed by atoms with Crippen molar-refractivity contribution in [1.82, 2.24) is 4.90 Å². The molecule has 0 saturated heterocycles. The van der Waals surface area contributed by atoms with E-state index in [1.54, 1.807) is 12.2 Å². The minimum Gasteiger partial charge on any atom is -0.390 e. The van der Waals surface area contributed by atoms with Crippen molar-refractivity contribution in [3.05, 3.63) is 72.8 Å². The summed E-state index contributed by atoms with van der Waals surface area (Å²) in [5.41, 5.74) is 2.68. The predicted molar refractivity (Wildman–Crippen MR) is 172 cm³/mol. The molecule has 0 radical (unpaired) electrons. The minimum absolute atomic E-state index is 0. The second-order valence-corrected chi connectivity index (χ2v) is 11.4. The number of fused-ring (bicyclic) bond motifs is 2. The number of hydrogen-bond acceptors (Lipinski definition) is 7. The summed E-state index contributed by atoms with van der Waals surface area (Å²) >= 11 is 1.88. The van der Waals surface area contributed by atoms with Crippen LogP contribution in [-0.4, -0.2) is 65.1 Å². The summed E-state index contributed by atoms with van der Waals surface area (Å²) in [5.74, 6) is -1.77. The van der Waals surface area contributed by atoms with Crippen molar-refractivity contribution in [3.63, 3.8) is 0 Å². The Kier molecular flexibility index (Phi) is 14.9. The minimum atomic E-state index is -1.43. The van der Waals surface area contributed by atoms with Crippen LogP contribution in [0, 0.1) is 11.8 Å². The molecule has 6 nitrogen and oxygen atoms in total. The second-order valence-electron chi connectivity index (χ2n) is 10.3. The van der Waals surface area contributed by atoms with Crippen molar-refractivity contribution in [2.75, 3.05) is 24.5 Å². The summed E-state index contributed by atoms with van der Waals surface area (Å²) < 4.78 is 0. The van der Waals surface area contributed by atoms with Crippen LogP contribution in [0.1, 0.15) is 47.0 Å². The molecule has 1 saturated carbocycles. The fraction of sp³-hybridized carbons (Fsp3) is 0.455. The first-order valence-corrected chi connectivity index (χ1v) is 15.2. The highest BCUT2D eigenvalue weighted by Gasteiger charge is 2.41. The summed E-state index contributed by atoms with van der Waals surface area (Å²) in [4.78, 5) is 30.2. The Morgan fingerprint density at radius 3 is 2.12 bits per heavy atom. The number of Topliss-reactive ketones (excluding diaryl/α,β-unsaturated/α-hetero) is 1. The van der Waals surface area contributed by atoms with Gasteiger partial charge in [0.05, 0.1) is 23.4 Å². The molecule has 2 aromatic rings. The molecule has 224 valence electrons. The fourth-order valence-electron chi connectivity index (χ4n) is 5.27. The van der Waals surface area contributed by atoms with Crippen molar-refractivity contribution in [2.24, 2.45) is 11.8 Å². The lowest BCUT2D eigenvalue weighted by molar-refractivity contribution is -0.146. The largest absolute Gasteiger partial charge is 0.390 e. The molecular weight excluding hydrogens is 556 g/mol. The Balaban J connectivity index is 0.000000286. The number of likely N-dealkylation sites (N-methyl/N-ethyl adjacent to an activating group) is 1. The number of ketones is 1. The third-order valence-electron chi connectivity index (χ3n) is 7.58. The summed E-state index contributed by atoms with van der Waals surface area (Å²) in [6.07, 6.45) is 7.72. The lowest BCUT2D eigenvalue weighted by atomic mass is 9.76. The predicted octanol–water partition coefficient (Wildman–Crippen LogP) is 6.47. The quantitative estimate of drug-likeness (QED) is 0.184. The third-order valence-corrected chi connectivity index (χ3v) is 8.71. The van der Waals surface area contributed by atoms with E-state index in [-0.39, 0.29) is 24.7 Å². The van der Waals surface area contributed by atoms with Crippen LogP contribution < -0.4 is 4.90 Å². The highest BCUT2D eigenvalue weighted by Crippen LogP contribution is 2.47.